The van der Waals surface area contributed by atoms with Crippen LogP contribution in [0.25, 0.3) is 21.6 Å². The molecule has 0 atom stereocenters. The molecule has 8 heteroatoms. The zero-order valence-corrected chi connectivity index (χ0v) is 18.5. The predicted octanol–water partition coefficient (Wildman–Crippen LogP) is 4.26. The van der Waals surface area contributed by atoms with Crippen LogP contribution in [-0.4, -0.2) is 39.3 Å². The van der Waals surface area contributed by atoms with Crippen LogP contribution in [0.2, 0.25) is 0 Å². The molecule has 3 aromatic heterocycles. The summed E-state index contributed by atoms with van der Waals surface area (Å²) in [6, 6.07) is 5.95. The summed E-state index contributed by atoms with van der Waals surface area (Å²) < 4.78 is 6.83. The van der Waals surface area contributed by atoms with E-state index < -0.39 is 5.54 Å². The first kappa shape index (κ1) is 20.5. The van der Waals surface area contributed by atoms with Crippen LogP contribution in [0.3, 0.4) is 0 Å². The van der Waals surface area contributed by atoms with Crippen molar-refractivity contribution in [2.75, 3.05) is 7.11 Å². The number of methoxy groups -OCH3 is 1. The van der Waals surface area contributed by atoms with E-state index in [9.17, 15) is 9.59 Å². The van der Waals surface area contributed by atoms with Gasteiger partial charge in [0.15, 0.2) is 5.65 Å². The molecule has 1 N–H and O–H groups in total. The van der Waals surface area contributed by atoms with Gasteiger partial charge < -0.3 is 10.1 Å². The maximum absolute atomic E-state index is 13.4. The maximum atomic E-state index is 13.4. The highest BCUT2D eigenvalue weighted by atomic mass is 32.1. The minimum Gasteiger partial charge on any atom is -0.467 e. The predicted molar refractivity (Wildman–Crippen MR) is 117 cm³/mol. The Kier molecular flexibility index (Phi) is 5.36. The number of rotatable bonds is 5. The van der Waals surface area contributed by atoms with Crippen LogP contribution >= 0.6 is 11.3 Å². The molecule has 1 aliphatic rings. The van der Waals surface area contributed by atoms with E-state index in [0.29, 0.717) is 29.4 Å². The molecule has 1 saturated carbocycles. The van der Waals surface area contributed by atoms with E-state index in [1.54, 1.807) is 23.6 Å². The van der Waals surface area contributed by atoms with Gasteiger partial charge in [-0.05, 0) is 51.8 Å². The molecule has 1 amide bonds. The Labute approximate surface area is 179 Å². The number of aromatic nitrogens is 3. The van der Waals surface area contributed by atoms with Crippen molar-refractivity contribution in [3.63, 3.8) is 0 Å². The van der Waals surface area contributed by atoms with Crippen LogP contribution in [0.5, 0.6) is 0 Å². The molecule has 30 heavy (non-hydrogen) atoms. The largest absolute Gasteiger partial charge is 0.467 e. The smallest absolute Gasteiger partial charge is 0.331 e. The third kappa shape index (κ3) is 3.49. The number of ether oxygens (including phenoxy) is 1. The van der Waals surface area contributed by atoms with Crippen molar-refractivity contribution in [3.8, 4) is 10.6 Å². The summed E-state index contributed by atoms with van der Waals surface area (Å²) in [6.07, 6.45) is 4.61. The number of thiophene rings is 1. The molecule has 0 unspecified atom stereocenters. The van der Waals surface area contributed by atoms with E-state index in [-0.39, 0.29) is 17.9 Å². The lowest BCUT2D eigenvalue weighted by Gasteiger charge is -2.27. The molecule has 1 aliphatic carbocycles. The number of carbonyl (C=O) groups excluding carboxylic acids is 2. The number of aryl methyl sites for hydroxylation is 1. The maximum Gasteiger partial charge on any atom is 0.331 e. The number of pyridine rings is 1. The van der Waals surface area contributed by atoms with Crippen molar-refractivity contribution in [1.82, 2.24) is 20.1 Å². The highest BCUT2D eigenvalue weighted by molar-refractivity contribution is 7.15. The Morgan fingerprint density at radius 2 is 2.00 bits per heavy atom. The van der Waals surface area contributed by atoms with E-state index in [1.165, 1.54) is 12.0 Å². The van der Waals surface area contributed by atoms with Crippen LogP contribution in [0, 0.1) is 6.92 Å². The highest BCUT2D eigenvalue weighted by Gasteiger charge is 2.44. The molecular weight excluding hydrogens is 400 g/mol. The number of fused-ring (bicyclic) bond motifs is 1. The van der Waals surface area contributed by atoms with Gasteiger partial charge in [0.25, 0.3) is 5.91 Å². The highest BCUT2D eigenvalue weighted by Crippen LogP contribution is 2.33. The van der Waals surface area contributed by atoms with Gasteiger partial charge in [-0.1, -0.05) is 12.8 Å². The summed E-state index contributed by atoms with van der Waals surface area (Å²) in [4.78, 5) is 32.9. The van der Waals surface area contributed by atoms with Crippen LogP contribution in [0.1, 0.15) is 60.8 Å². The van der Waals surface area contributed by atoms with Gasteiger partial charge in [-0.2, -0.15) is 5.10 Å². The van der Waals surface area contributed by atoms with Crippen LogP contribution < -0.4 is 5.32 Å². The number of nitrogens with zero attached hydrogens (tertiary/aromatic N) is 3. The average Bonchev–Trinajstić information content (AvgIpc) is 3.46. The Morgan fingerprint density at radius 1 is 1.27 bits per heavy atom. The molecule has 4 rings (SSSR count). The second-order valence-corrected chi connectivity index (χ2v) is 9.41. The second-order valence-electron chi connectivity index (χ2n) is 8.12. The summed E-state index contributed by atoms with van der Waals surface area (Å²) in [7, 11) is 1.36. The molecule has 0 saturated heterocycles. The summed E-state index contributed by atoms with van der Waals surface area (Å²) in [5.41, 5.74) is 0.905. The summed E-state index contributed by atoms with van der Waals surface area (Å²) >= 11 is 1.63. The van der Waals surface area contributed by atoms with E-state index in [0.717, 1.165) is 23.4 Å². The first-order valence-electron chi connectivity index (χ1n) is 10.2. The lowest BCUT2D eigenvalue weighted by atomic mass is 9.96. The van der Waals surface area contributed by atoms with Crippen molar-refractivity contribution in [1.29, 1.82) is 0 Å². The van der Waals surface area contributed by atoms with Gasteiger partial charge >= 0.3 is 5.97 Å². The van der Waals surface area contributed by atoms with E-state index >= 15 is 0 Å². The van der Waals surface area contributed by atoms with Crippen molar-refractivity contribution >= 4 is 34.2 Å². The fraction of sp³-hybridized carbons (Fsp3) is 0.455. The summed E-state index contributed by atoms with van der Waals surface area (Å²) in [5.74, 6) is -0.682. The van der Waals surface area contributed by atoms with Crippen molar-refractivity contribution in [2.24, 2.45) is 0 Å². The van der Waals surface area contributed by atoms with Gasteiger partial charge in [-0.15, -0.1) is 11.3 Å². The molecule has 7 nitrogen and oxygen atoms in total. The molecule has 0 radical (unpaired) electrons. The zero-order valence-electron chi connectivity index (χ0n) is 17.7. The van der Waals surface area contributed by atoms with Crippen molar-refractivity contribution < 1.29 is 14.3 Å². The Hall–Kier alpha value is -2.74. The third-order valence-corrected chi connectivity index (χ3v) is 6.70. The van der Waals surface area contributed by atoms with Gasteiger partial charge in [0.1, 0.15) is 5.54 Å². The lowest BCUT2D eigenvalue weighted by Crippen LogP contribution is -2.53. The molecule has 0 aromatic carbocycles. The molecule has 0 aliphatic heterocycles. The molecule has 3 aromatic rings. The number of hydrogen-bond acceptors (Lipinski definition) is 6. The first-order valence-corrected chi connectivity index (χ1v) is 11.0. The molecule has 0 bridgehead atoms. The summed E-state index contributed by atoms with van der Waals surface area (Å²) in [5, 5.41) is 8.14. The fourth-order valence-corrected chi connectivity index (χ4v) is 4.95. The number of carbonyl (C=O) groups is 2. The van der Waals surface area contributed by atoms with Crippen molar-refractivity contribution in [3.05, 3.63) is 34.8 Å². The topological polar surface area (TPSA) is 86.1 Å². The van der Waals surface area contributed by atoms with Gasteiger partial charge in [-0.3, -0.25) is 4.79 Å². The zero-order chi connectivity index (χ0) is 21.5. The number of amides is 1. The van der Waals surface area contributed by atoms with E-state index in [2.05, 4.69) is 10.4 Å². The molecule has 1 fully saturated rings. The van der Waals surface area contributed by atoms with E-state index in [4.69, 9.17) is 9.72 Å². The summed E-state index contributed by atoms with van der Waals surface area (Å²) in [6.45, 7) is 6.10. The molecule has 158 valence electrons. The Morgan fingerprint density at radius 3 is 2.60 bits per heavy atom. The minimum absolute atomic E-state index is 0.0995. The third-order valence-electron chi connectivity index (χ3n) is 5.68. The van der Waals surface area contributed by atoms with Crippen LogP contribution in [-0.2, 0) is 9.53 Å². The Balaban J connectivity index is 1.82. The number of hydrogen-bond donors (Lipinski definition) is 1. The molecule has 3 heterocycles. The quantitative estimate of drug-likeness (QED) is 0.616. The van der Waals surface area contributed by atoms with E-state index in [1.807, 2.05) is 37.6 Å². The normalized spacial score (nSPS) is 15.6. The minimum atomic E-state index is -0.963. The van der Waals surface area contributed by atoms with Gasteiger partial charge in [0.05, 0.1) is 34.8 Å². The van der Waals surface area contributed by atoms with Crippen LogP contribution in [0.4, 0.5) is 0 Å². The van der Waals surface area contributed by atoms with Gasteiger partial charge in [0, 0.05) is 10.9 Å². The first-order chi connectivity index (χ1) is 14.3. The number of esters is 1. The standard InChI is InChI=1S/C22H26N4O3S/c1-13(2)26-19-16(12-23-26)15(11-17(24-19)18-8-7-14(3)30-18)20(27)25-22(21(28)29-4)9-5-6-10-22/h7-8,11-13H,5-6,9-10H2,1-4H3,(H,25,27). The monoisotopic (exact) mass is 426 g/mol. The molecular formula is C22H26N4O3S. The molecule has 0 spiro atoms. The SMILES string of the molecule is COC(=O)C1(NC(=O)c2cc(-c3ccc(C)s3)nc3c2cnn3C(C)C)CCCC1. The van der Waals surface area contributed by atoms with Gasteiger partial charge in [-0.25, -0.2) is 14.5 Å². The average molecular weight is 427 g/mol. The Bertz CT molecular complexity index is 1110. The lowest BCUT2D eigenvalue weighted by molar-refractivity contribution is -0.148. The van der Waals surface area contributed by atoms with Crippen LogP contribution in [0.15, 0.2) is 24.4 Å². The number of nitrogens with one attached hydrogen (secondary N) is 1. The van der Waals surface area contributed by atoms with Crippen molar-refractivity contribution in [2.45, 2.75) is 58.0 Å². The van der Waals surface area contributed by atoms with Gasteiger partial charge in [0.2, 0.25) is 0 Å². The fourth-order valence-electron chi connectivity index (χ4n) is 4.12. The second kappa shape index (κ2) is 7.83.